The maximum atomic E-state index is 12.3. The van der Waals surface area contributed by atoms with E-state index in [1.165, 1.54) is 11.3 Å². The molecule has 1 aromatic heterocycles. The zero-order chi connectivity index (χ0) is 19.8. The number of nitrogens with one attached hydrogen (secondary N) is 1. The molecule has 0 radical (unpaired) electrons. The van der Waals surface area contributed by atoms with Crippen molar-refractivity contribution < 1.29 is 14.3 Å². The van der Waals surface area contributed by atoms with Crippen LogP contribution >= 0.6 is 11.3 Å². The van der Waals surface area contributed by atoms with Gasteiger partial charge in [0.05, 0.1) is 18.7 Å². The van der Waals surface area contributed by atoms with Gasteiger partial charge < -0.3 is 14.8 Å². The first-order valence-corrected chi connectivity index (χ1v) is 9.69. The maximum Gasteiger partial charge on any atom is 0.230 e. The summed E-state index contributed by atoms with van der Waals surface area (Å²) in [5.74, 6) is 3.71. The van der Waals surface area contributed by atoms with E-state index in [0.717, 1.165) is 22.0 Å². The van der Waals surface area contributed by atoms with E-state index in [2.05, 4.69) is 16.2 Å². The Bertz CT molecular complexity index is 974. The van der Waals surface area contributed by atoms with Crippen molar-refractivity contribution in [2.45, 2.75) is 13.3 Å². The minimum absolute atomic E-state index is 0.141. The fourth-order valence-electron chi connectivity index (χ4n) is 2.54. The van der Waals surface area contributed by atoms with Gasteiger partial charge in [0.1, 0.15) is 23.1 Å². The minimum atomic E-state index is -0.141. The fourth-order valence-corrected chi connectivity index (χ4v) is 3.37. The summed E-state index contributed by atoms with van der Waals surface area (Å²) < 4.78 is 10.8. The summed E-state index contributed by atoms with van der Waals surface area (Å²) in [5.41, 5.74) is 2.38. The molecule has 0 atom stereocenters. The number of ether oxygens (including phenoxy) is 2. The zero-order valence-electron chi connectivity index (χ0n) is 15.5. The number of rotatable bonds is 8. The second-order valence-corrected chi connectivity index (χ2v) is 6.71. The molecule has 0 fully saturated rings. The molecule has 28 heavy (non-hydrogen) atoms. The molecule has 1 amide bonds. The van der Waals surface area contributed by atoms with Crippen LogP contribution in [0.2, 0.25) is 0 Å². The van der Waals surface area contributed by atoms with Crippen LogP contribution in [0, 0.1) is 12.3 Å². The third-order valence-electron chi connectivity index (χ3n) is 3.75. The molecule has 3 aromatic rings. The van der Waals surface area contributed by atoms with Gasteiger partial charge in [-0.05, 0) is 43.3 Å². The molecular formula is C22H20N2O3S. The highest BCUT2D eigenvalue weighted by atomic mass is 32.1. The highest BCUT2D eigenvalue weighted by Gasteiger charge is 2.10. The Morgan fingerprint density at radius 1 is 1.18 bits per heavy atom. The van der Waals surface area contributed by atoms with Crippen molar-refractivity contribution in [3.8, 4) is 34.4 Å². The Morgan fingerprint density at radius 3 is 2.75 bits per heavy atom. The molecule has 0 unspecified atom stereocenters. The Kier molecular flexibility index (Phi) is 6.66. The number of benzene rings is 2. The molecule has 0 aliphatic rings. The van der Waals surface area contributed by atoms with Crippen molar-refractivity contribution in [3.05, 3.63) is 59.6 Å². The number of thiazole rings is 1. The second kappa shape index (κ2) is 9.58. The zero-order valence-corrected chi connectivity index (χ0v) is 16.3. The van der Waals surface area contributed by atoms with E-state index in [1.807, 2.05) is 36.6 Å². The fraction of sp³-hybridized carbons (Fsp3) is 0.182. The van der Waals surface area contributed by atoms with Crippen LogP contribution in [0.15, 0.2) is 53.9 Å². The number of anilines is 1. The van der Waals surface area contributed by atoms with Crippen LogP contribution in [0.4, 0.5) is 5.69 Å². The predicted octanol–water partition coefficient (Wildman–Crippen LogP) is 4.40. The van der Waals surface area contributed by atoms with Crippen molar-refractivity contribution in [3.63, 3.8) is 0 Å². The molecule has 3 rings (SSSR count). The molecule has 6 heteroatoms. The lowest BCUT2D eigenvalue weighted by atomic mass is 10.2. The van der Waals surface area contributed by atoms with Crippen molar-refractivity contribution in [1.29, 1.82) is 0 Å². The average Bonchev–Trinajstić information content (AvgIpc) is 3.16. The SMILES string of the molecule is C#CCOc1cccc(NC(=O)Cc2csc(-c3ccc(OCC)cc3)n2)c1. The van der Waals surface area contributed by atoms with Gasteiger partial charge in [0.2, 0.25) is 5.91 Å². The third-order valence-corrected chi connectivity index (χ3v) is 4.69. The number of hydrogen-bond acceptors (Lipinski definition) is 5. The molecular weight excluding hydrogens is 372 g/mol. The van der Waals surface area contributed by atoms with Crippen LogP contribution in [-0.4, -0.2) is 24.1 Å². The first-order chi connectivity index (χ1) is 13.7. The molecule has 1 N–H and O–H groups in total. The smallest absolute Gasteiger partial charge is 0.230 e. The highest BCUT2D eigenvalue weighted by Crippen LogP contribution is 2.26. The monoisotopic (exact) mass is 392 g/mol. The van der Waals surface area contributed by atoms with E-state index in [1.54, 1.807) is 24.3 Å². The van der Waals surface area contributed by atoms with Gasteiger partial charge in [0, 0.05) is 22.7 Å². The van der Waals surface area contributed by atoms with Gasteiger partial charge in [0.25, 0.3) is 0 Å². The molecule has 0 bridgehead atoms. The van der Waals surface area contributed by atoms with Gasteiger partial charge in [-0.3, -0.25) is 4.79 Å². The quantitative estimate of drug-likeness (QED) is 0.577. The summed E-state index contributed by atoms with van der Waals surface area (Å²) in [6, 6.07) is 14.9. The normalized spacial score (nSPS) is 10.1. The Labute approximate surface area is 168 Å². The van der Waals surface area contributed by atoms with Crippen molar-refractivity contribution in [2.75, 3.05) is 18.5 Å². The first kappa shape index (κ1) is 19.5. The number of carbonyl (C=O) groups excluding carboxylic acids is 1. The topological polar surface area (TPSA) is 60.5 Å². The van der Waals surface area contributed by atoms with E-state index in [-0.39, 0.29) is 18.9 Å². The number of amides is 1. The van der Waals surface area contributed by atoms with Gasteiger partial charge in [-0.25, -0.2) is 4.98 Å². The molecule has 142 valence electrons. The van der Waals surface area contributed by atoms with E-state index >= 15 is 0 Å². The third kappa shape index (κ3) is 5.35. The Hall–Kier alpha value is -3.30. The number of terminal acetylenes is 1. The minimum Gasteiger partial charge on any atom is -0.494 e. The molecule has 0 aliphatic carbocycles. The number of hydrogen-bond donors (Lipinski definition) is 1. The molecule has 2 aromatic carbocycles. The van der Waals surface area contributed by atoms with Crippen molar-refractivity contribution >= 4 is 22.9 Å². The highest BCUT2D eigenvalue weighted by molar-refractivity contribution is 7.13. The van der Waals surface area contributed by atoms with E-state index in [4.69, 9.17) is 15.9 Å². The summed E-state index contributed by atoms with van der Waals surface area (Å²) in [4.78, 5) is 16.9. The standard InChI is InChI=1S/C22H20N2O3S/c1-3-12-27-20-7-5-6-17(13-20)23-21(25)14-18-15-28-22(24-18)16-8-10-19(11-9-16)26-4-2/h1,5-11,13,15H,4,12,14H2,2H3,(H,23,25). The van der Waals surface area contributed by atoms with E-state index < -0.39 is 0 Å². The van der Waals surface area contributed by atoms with Gasteiger partial charge in [-0.1, -0.05) is 12.0 Å². The largest absolute Gasteiger partial charge is 0.494 e. The summed E-state index contributed by atoms with van der Waals surface area (Å²) in [7, 11) is 0. The number of nitrogens with zero attached hydrogens (tertiary/aromatic N) is 1. The van der Waals surface area contributed by atoms with Gasteiger partial charge in [-0.15, -0.1) is 17.8 Å². The lowest BCUT2D eigenvalue weighted by Gasteiger charge is -2.07. The average molecular weight is 392 g/mol. The Morgan fingerprint density at radius 2 is 2.00 bits per heavy atom. The van der Waals surface area contributed by atoms with Crippen LogP contribution in [0.1, 0.15) is 12.6 Å². The van der Waals surface area contributed by atoms with Crippen LogP contribution < -0.4 is 14.8 Å². The lowest BCUT2D eigenvalue weighted by Crippen LogP contribution is -2.14. The van der Waals surface area contributed by atoms with Crippen LogP contribution in [0.5, 0.6) is 11.5 Å². The van der Waals surface area contributed by atoms with Crippen LogP contribution in [-0.2, 0) is 11.2 Å². The molecule has 0 aliphatic heterocycles. The Balaban J connectivity index is 1.60. The summed E-state index contributed by atoms with van der Waals surface area (Å²) >= 11 is 1.51. The van der Waals surface area contributed by atoms with Crippen molar-refractivity contribution in [1.82, 2.24) is 4.98 Å². The second-order valence-electron chi connectivity index (χ2n) is 5.85. The molecule has 0 spiro atoms. The van der Waals surface area contributed by atoms with E-state index in [9.17, 15) is 4.79 Å². The summed E-state index contributed by atoms with van der Waals surface area (Å²) in [6.45, 7) is 2.77. The van der Waals surface area contributed by atoms with Crippen molar-refractivity contribution in [2.24, 2.45) is 0 Å². The molecule has 0 saturated carbocycles. The predicted molar refractivity (Wildman–Crippen MR) is 112 cm³/mol. The summed E-state index contributed by atoms with van der Waals surface area (Å²) in [5, 5.41) is 5.63. The van der Waals surface area contributed by atoms with Gasteiger partial charge >= 0.3 is 0 Å². The number of carbonyl (C=O) groups is 1. The van der Waals surface area contributed by atoms with Crippen LogP contribution in [0.3, 0.4) is 0 Å². The molecule has 0 saturated heterocycles. The first-order valence-electron chi connectivity index (χ1n) is 8.81. The van der Waals surface area contributed by atoms with E-state index in [0.29, 0.717) is 18.0 Å². The van der Waals surface area contributed by atoms with Gasteiger partial charge in [0.15, 0.2) is 0 Å². The maximum absolute atomic E-state index is 12.3. The summed E-state index contributed by atoms with van der Waals surface area (Å²) in [6.07, 6.45) is 5.39. The number of aromatic nitrogens is 1. The lowest BCUT2D eigenvalue weighted by molar-refractivity contribution is -0.115. The molecule has 1 heterocycles. The van der Waals surface area contributed by atoms with Crippen LogP contribution in [0.25, 0.3) is 10.6 Å². The van der Waals surface area contributed by atoms with Gasteiger partial charge in [-0.2, -0.15) is 0 Å². The molecule has 5 nitrogen and oxygen atoms in total.